The molecule has 21 heavy (non-hydrogen) atoms. The molecule has 5 heteroatoms. The average molecular weight is 294 g/mol. The van der Waals surface area contributed by atoms with Gasteiger partial charge in [0.1, 0.15) is 0 Å². The molecule has 0 heterocycles. The van der Waals surface area contributed by atoms with E-state index in [1.165, 1.54) is 31.4 Å². The molecule has 110 valence electrons. The van der Waals surface area contributed by atoms with Crippen molar-refractivity contribution in [2.24, 2.45) is 0 Å². The number of ether oxygens (including phenoxy) is 1. The lowest BCUT2D eigenvalue weighted by atomic mass is 9.96. The molecule has 2 rings (SSSR count). The fraction of sp³-hybridized carbons (Fsp3) is 0.188. The Bertz CT molecular complexity index is 675. The third kappa shape index (κ3) is 3.24. The van der Waals surface area contributed by atoms with E-state index in [4.69, 9.17) is 0 Å². The van der Waals surface area contributed by atoms with Crippen LogP contribution in [0.2, 0.25) is 0 Å². The number of methoxy groups -OCH3 is 1. The fourth-order valence-electron chi connectivity index (χ4n) is 2.16. The van der Waals surface area contributed by atoms with E-state index in [1.54, 1.807) is 19.1 Å². The number of carbonyl (C=O) groups is 1. The molecule has 0 aromatic heterocycles. The molecule has 0 saturated heterocycles. The molecular weight excluding hydrogens is 281 g/mol. The molecule has 0 bridgehead atoms. The van der Waals surface area contributed by atoms with E-state index in [9.17, 15) is 18.0 Å². The maximum absolute atomic E-state index is 13.1. The maximum Gasteiger partial charge on any atom is 0.417 e. The summed E-state index contributed by atoms with van der Waals surface area (Å²) in [6, 6.07) is 9.87. The van der Waals surface area contributed by atoms with Gasteiger partial charge < -0.3 is 4.74 Å². The van der Waals surface area contributed by atoms with E-state index < -0.39 is 17.7 Å². The smallest absolute Gasteiger partial charge is 0.417 e. The Morgan fingerprint density at radius 2 is 1.76 bits per heavy atom. The second kappa shape index (κ2) is 5.60. The monoisotopic (exact) mass is 294 g/mol. The first-order valence-electron chi connectivity index (χ1n) is 6.19. The molecule has 0 aliphatic rings. The summed E-state index contributed by atoms with van der Waals surface area (Å²) in [6.07, 6.45) is -4.45. The van der Waals surface area contributed by atoms with Gasteiger partial charge in [0.25, 0.3) is 0 Å². The first-order chi connectivity index (χ1) is 9.82. The largest absolute Gasteiger partial charge is 0.465 e. The standard InChI is InChI=1S/C16H13F3O2/c1-10-7-11(9-12(8-10)15(20)21-2)13-5-3-4-6-14(13)16(17,18)19/h3-9H,1-2H3. The first kappa shape index (κ1) is 15.1. The van der Waals surface area contributed by atoms with Crippen molar-refractivity contribution in [2.45, 2.75) is 13.1 Å². The van der Waals surface area contributed by atoms with E-state index in [1.807, 2.05) is 0 Å². The molecular formula is C16H13F3O2. The third-order valence-corrected chi connectivity index (χ3v) is 3.04. The highest BCUT2D eigenvalue weighted by Gasteiger charge is 2.33. The highest BCUT2D eigenvalue weighted by molar-refractivity contribution is 5.91. The minimum absolute atomic E-state index is 0.0406. The normalized spacial score (nSPS) is 11.3. The van der Waals surface area contributed by atoms with E-state index in [0.717, 1.165) is 6.07 Å². The Balaban J connectivity index is 2.63. The molecule has 0 spiro atoms. The van der Waals surface area contributed by atoms with Gasteiger partial charge in [-0.3, -0.25) is 0 Å². The van der Waals surface area contributed by atoms with E-state index in [2.05, 4.69) is 4.74 Å². The molecule has 0 aliphatic carbocycles. The van der Waals surface area contributed by atoms with Gasteiger partial charge in [-0.05, 0) is 41.8 Å². The van der Waals surface area contributed by atoms with Crippen LogP contribution in [0.25, 0.3) is 11.1 Å². The molecule has 2 nitrogen and oxygen atoms in total. The number of carbonyl (C=O) groups excluding carboxylic acids is 1. The lowest BCUT2D eigenvalue weighted by Crippen LogP contribution is -2.07. The summed E-state index contributed by atoms with van der Waals surface area (Å²) in [6.45, 7) is 1.71. The highest BCUT2D eigenvalue weighted by Crippen LogP contribution is 2.37. The van der Waals surface area contributed by atoms with Crippen molar-refractivity contribution in [3.63, 3.8) is 0 Å². The molecule has 0 amide bonds. The van der Waals surface area contributed by atoms with Crippen molar-refractivity contribution >= 4 is 5.97 Å². The number of benzene rings is 2. The van der Waals surface area contributed by atoms with Gasteiger partial charge in [0, 0.05) is 0 Å². The van der Waals surface area contributed by atoms with Crippen LogP contribution >= 0.6 is 0 Å². The Kier molecular flexibility index (Phi) is 4.02. The van der Waals surface area contributed by atoms with Crippen molar-refractivity contribution in [3.05, 3.63) is 59.2 Å². The number of aryl methyl sites for hydroxylation is 1. The second-order valence-electron chi connectivity index (χ2n) is 4.62. The number of hydrogen-bond acceptors (Lipinski definition) is 2. The number of esters is 1. The molecule has 0 fully saturated rings. The second-order valence-corrected chi connectivity index (χ2v) is 4.62. The first-order valence-corrected chi connectivity index (χ1v) is 6.19. The third-order valence-electron chi connectivity index (χ3n) is 3.04. The minimum Gasteiger partial charge on any atom is -0.465 e. The summed E-state index contributed by atoms with van der Waals surface area (Å²) in [5, 5.41) is 0. The Morgan fingerprint density at radius 1 is 1.10 bits per heavy atom. The zero-order valence-electron chi connectivity index (χ0n) is 11.5. The van der Waals surface area contributed by atoms with Crippen LogP contribution in [0.4, 0.5) is 13.2 Å². The van der Waals surface area contributed by atoms with Gasteiger partial charge in [-0.15, -0.1) is 0 Å². The molecule has 0 atom stereocenters. The summed E-state index contributed by atoms with van der Waals surface area (Å²) in [7, 11) is 1.23. The summed E-state index contributed by atoms with van der Waals surface area (Å²) in [5.41, 5.74) is 0.558. The number of rotatable bonds is 2. The Labute approximate surface area is 120 Å². The van der Waals surface area contributed by atoms with E-state index >= 15 is 0 Å². The number of alkyl halides is 3. The van der Waals surface area contributed by atoms with Gasteiger partial charge in [-0.2, -0.15) is 13.2 Å². The number of halogens is 3. The lowest BCUT2D eigenvalue weighted by Gasteiger charge is -2.14. The molecule has 0 aliphatic heterocycles. The van der Waals surface area contributed by atoms with Gasteiger partial charge in [-0.1, -0.05) is 24.3 Å². The molecule has 0 radical (unpaired) electrons. The van der Waals surface area contributed by atoms with Gasteiger partial charge in [0.15, 0.2) is 0 Å². The van der Waals surface area contributed by atoms with Crippen molar-refractivity contribution < 1.29 is 22.7 Å². The van der Waals surface area contributed by atoms with E-state index in [-0.39, 0.29) is 11.1 Å². The zero-order chi connectivity index (χ0) is 15.6. The Hall–Kier alpha value is -2.30. The van der Waals surface area contributed by atoms with Gasteiger partial charge in [-0.25, -0.2) is 4.79 Å². The molecule has 2 aromatic rings. The maximum atomic E-state index is 13.1. The average Bonchev–Trinajstić information content (AvgIpc) is 2.45. The van der Waals surface area contributed by atoms with Gasteiger partial charge >= 0.3 is 12.1 Å². The quantitative estimate of drug-likeness (QED) is 0.764. The summed E-state index contributed by atoms with van der Waals surface area (Å²) < 4.78 is 43.8. The predicted molar refractivity (Wildman–Crippen MR) is 73.0 cm³/mol. The molecule has 0 N–H and O–H groups in total. The topological polar surface area (TPSA) is 26.3 Å². The van der Waals surface area contributed by atoms with Gasteiger partial charge in [0.05, 0.1) is 18.2 Å². The number of hydrogen-bond donors (Lipinski definition) is 0. The Morgan fingerprint density at radius 3 is 2.38 bits per heavy atom. The summed E-state index contributed by atoms with van der Waals surface area (Å²) in [4.78, 5) is 11.6. The van der Waals surface area contributed by atoms with Crippen molar-refractivity contribution in [1.82, 2.24) is 0 Å². The van der Waals surface area contributed by atoms with Gasteiger partial charge in [0.2, 0.25) is 0 Å². The SMILES string of the molecule is COC(=O)c1cc(C)cc(-c2ccccc2C(F)(F)F)c1. The fourth-order valence-corrected chi connectivity index (χ4v) is 2.16. The van der Waals surface area contributed by atoms with Crippen LogP contribution < -0.4 is 0 Å². The van der Waals surface area contributed by atoms with Crippen LogP contribution in [0, 0.1) is 6.92 Å². The van der Waals surface area contributed by atoms with Crippen LogP contribution in [0.15, 0.2) is 42.5 Å². The van der Waals surface area contributed by atoms with Crippen LogP contribution in [0.5, 0.6) is 0 Å². The summed E-state index contributed by atoms with van der Waals surface area (Å²) in [5.74, 6) is -0.579. The predicted octanol–water partition coefficient (Wildman–Crippen LogP) is 4.47. The molecule has 0 saturated carbocycles. The summed E-state index contributed by atoms with van der Waals surface area (Å²) >= 11 is 0. The molecule has 2 aromatic carbocycles. The van der Waals surface area contributed by atoms with Crippen LogP contribution in [0.3, 0.4) is 0 Å². The lowest BCUT2D eigenvalue weighted by molar-refractivity contribution is -0.137. The van der Waals surface area contributed by atoms with Crippen LogP contribution in [-0.4, -0.2) is 13.1 Å². The molecule has 0 unspecified atom stereocenters. The van der Waals surface area contributed by atoms with Crippen molar-refractivity contribution in [1.29, 1.82) is 0 Å². The van der Waals surface area contributed by atoms with Crippen LogP contribution in [0.1, 0.15) is 21.5 Å². The zero-order valence-corrected chi connectivity index (χ0v) is 11.5. The highest BCUT2D eigenvalue weighted by atomic mass is 19.4. The minimum atomic E-state index is -4.45. The van der Waals surface area contributed by atoms with Crippen LogP contribution in [-0.2, 0) is 10.9 Å². The van der Waals surface area contributed by atoms with Crippen molar-refractivity contribution in [2.75, 3.05) is 7.11 Å². The van der Waals surface area contributed by atoms with Crippen molar-refractivity contribution in [3.8, 4) is 11.1 Å². The van der Waals surface area contributed by atoms with E-state index in [0.29, 0.717) is 11.1 Å².